The summed E-state index contributed by atoms with van der Waals surface area (Å²) in [6.45, 7) is 3.25. The zero-order valence-corrected chi connectivity index (χ0v) is 17.5. The van der Waals surface area contributed by atoms with Crippen molar-refractivity contribution in [3.05, 3.63) is 71.7 Å². The van der Waals surface area contributed by atoms with Crippen molar-refractivity contribution in [2.45, 2.75) is 31.2 Å². The lowest BCUT2D eigenvalue weighted by atomic mass is 10.2. The predicted molar refractivity (Wildman–Crippen MR) is 112 cm³/mol. The van der Waals surface area contributed by atoms with Crippen LogP contribution in [-0.4, -0.2) is 46.5 Å². The van der Waals surface area contributed by atoms with E-state index in [9.17, 15) is 13.2 Å². The van der Waals surface area contributed by atoms with Gasteiger partial charge >= 0.3 is 0 Å². The molecule has 8 nitrogen and oxygen atoms in total. The molecule has 30 heavy (non-hydrogen) atoms. The Morgan fingerprint density at radius 3 is 2.50 bits per heavy atom. The fraction of sp³-hybridized carbons (Fsp3) is 0.286. The number of nitrogens with one attached hydrogen (secondary N) is 1. The number of pyridine rings is 1. The first kappa shape index (κ1) is 20.2. The first-order valence-corrected chi connectivity index (χ1v) is 11.2. The maximum Gasteiger partial charge on any atom is 0.255 e. The Balaban J connectivity index is 1.42. The van der Waals surface area contributed by atoms with Crippen molar-refractivity contribution in [3.8, 4) is 5.82 Å². The lowest BCUT2D eigenvalue weighted by Gasteiger charge is -2.15. The molecule has 9 heteroatoms. The smallest absolute Gasteiger partial charge is 0.255 e. The molecule has 0 atom stereocenters. The number of carbonyl (C=O) groups excluding carboxylic acids is 1. The van der Waals surface area contributed by atoms with Crippen molar-refractivity contribution in [1.29, 1.82) is 0 Å². The highest BCUT2D eigenvalue weighted by atomic mass is 32.2. The molecule has 156 valence electrons. The molecular formula is C21H23N5O3S. The zero-order valence-electron chi connectivity index (χ0n) is 16.7. The third-order valence-corrected chi connectivity index (χ3v) is 7.11. The summed E-state index contributed by atoms with van der Waals surface area (Å²) >= 11 is 0. The topological polar surface area (TPSA) is 97.2 Å². The molecule has 0 saturated carbocycles. The van der Waals surface area contributed by atoms with Gasteiger partial charge in [0.2, 0.25) is 10.0 Å². The van der Waals surface area contributed by atoms with Gasteiger partial charge in [0, 0.05) is 25.8 Å². The molecule has 1 amide bonds. The number of aromatic nitrogens is 3. The van der Waals surface area contributed by atoms with Gasteiger partial charge in [-0.25, -0.2) is 18.1 Å². The van der Waals surface area contributed by atoms with Crippen LogP contribution in [0.5, 0.6) is 0 Å². The maximum atomic E-state index is 12.6. The van der Waals surface area contributed by atoms with E-state index in [1.807, 2.05) is 25.1 Å². The number of benzene rings is 1. The van der Waals surface area contributed by atoms with Crippen molar-refractivity contribution in [1.82, 2.24) is 24.4 Å². The molecule has 3 aromatic rings. The number of sulfonamides is 1. The molecule has 0 unspecified atom stereocenters. The van der Waals surface area contributed by atoms with Gasteiger partial charge in [-0.05, 0) is 49.6 Å². The largest absolute Gasteiger partial charge is 0.348 e. The number of hydrogen-bond donors (Lipinski definition) is 1. The van der Waals surface area contributed by atoms with Gasteiger partial charge in [-0.1, -0.05) is 18.2 Å². The summed E-state index contributed by atoms with van der Waals surface area (Å²) < 4.78 is 28.3. The van der Waals surface area contributed by atoms with Crippen LogP contribution in [0.25, 0.3) is 5.82 Å². The fourth-order valence-electron chi connectivity index (χ4n) is 3.48. The fourth-order valence-corrected chi connectivity index (χ4v) is 4.99. The number of amides is 1. The van der Waals surface area contributed by atoms with Crippen LogP contribution in [-0.2, 0) is 16.6 Å². The van der Waals surface area contributed by atoms with Crippen LogP contribution in [0.4, 0.5) is 0 Å². The standard InChI is InChI=1S/C21H23N5O3S/c1-16-19(15-24-26(16)20-6-2-3-11-22-20)21(27)23-14-17-7-9-18(10-8-17)30(28,29)25-12-4-5-13-25/h2-3,6-11,15H,4-5,12-14H2,1H3,(H,23,27). The van der Waals surface area contributed by atoms with Crippen LogP contribution in [0, 0.1) is 6.92 Å². The van der Waals surface area contributed by atoms with Gasteiger partial charge in [-0.3, -0.25) is 4.79 Å². The molecule has 0 bridgehead atoms. The number of carbonyl (C=O) groups is 1. The van der Waals surface area contributed by atoms with E-state index in [0.29, 0.717) is 30.2 Å². The van der Waals surface area contributed by atoms with Gasteiger partial charge < -0.3 is 5.32 Å². The molecule has 1 aliphatic heterocycles. The second-order valence-electron chi connectivity index (χ2n) is 7.18. The maximum absolute atomic E-state index is 12.6. The number of hydrogen-bond acceptors (Lipinski definition) is 5. The van der Waals surface area contributed by atoms with E-state index in [0.717, 1.165) is 18.4 Å². The molecule has 1 saturated heterocycles. The highest BCUT2D eigenvalue weighted by molar-refractivity contribution is 7.89. The molecule has 0 spiro atoms. The monoisotopic (exact) mass is 425 g/mol. The minimum Gasteiger partial charge on any atom is -0.348 e. The summed E-state index contributed by atoms with van der Waals surface area (Å²) in [5, 5.41) is 7.12. The Hall–Kier alpha value is -3.04. The molecule has 1 N–H and O–H groups in total. The number of nitrogens with zero attached hydrogens (tertiary/aromatic N) is 4. The minimum absolute atomic E-state index is 0.247. The molecule has 1 fully saturated rings. The molecule has 3 heterocycles. The summed E-state index contributed by atoms with van der Waals surface area (Å²) in [6, 6.07) is 12.1. The number of rotatable bonds is 6. The van der Waals surface area contributed by atoms with Crippen LogP contribution in [0.2, 0.25) is 0 Å². The summed E-state index contributed by atoms with van der Waals surface area (Å²) in [5.41, 5.74) is 1.98. The lowest BCUT2D eigenvalue weighted by molar-refractivity contribution is 0.0950. The first-order chi connectivity index (χ1) is 14.5. The van der Waals surface area contributed by atoms with Crippen LogP contribution in [0.1, 0.15) is 34.5 Å². The second kappa shape index (κ2) is 8.37. The SMILES string of the molecule is Cc1c(C(=O)NCc2ccc(S(=O)(=O)N3CCCC3)cc2)cnn1-c1ccccn1. The highest BCUT2D eigenvalue weighted by Crippen LogP contribution is 2.21. The van der Waals surface area contributed by atoms with E-state index in [2.05, 4.69) is 15.4 Å². The molecule has 0 aliphatic carbocycles. The Kier molecular flexibility index (Phi) is 5.65. The van der Waals surface area contributed by atoms with Gasteiger partial charge in [-0.15, -0.1) is 0 Å². The Morgan fingerprint density at radius 2 is 1.83 bits per heavy atom. The summed E-state index contributed by atoms with van der Waals surface area (Å²) in [5.74, 6) is 0.396. The van der Waals surface area contributed by atoms with Crippen molar-refractivity contribution in [3.63, 3.8) is 0 Å². The molecular weight excluding hydrogens is 402 g/mol. The zero-order chi connectivity index (χ0) is 21.1. The summed E-state index contributed by atoms with van der Waals surface area (Å²) in [6.07, 6.45) is 4.99. The van der Waals surface area contributed by atoms with Gasteiger partial charge in [0.25, 0.3) is 5.91 Å². The lowest BCUT2D eigenvalue weighted by Crippen LogP contribution is -2.28. The Labute approximate surface area is 175 Å². The minimum atomic E-state index is -3.43. The molecule has 1 aromatic carbocycles. The average molecular weight is 426 g/mol. The van der Waals surface area contributed by atoms with E-state index < -0.39 is 10.0 Å². The first-order valence-electron chi connectivity index (χ1n) is 9.80. The van der Waals surface area contributed by atoms with E-state index in [-0.39, 0.29) is 17.3 Å². The summed E-state index contributed by atoms with van der Waals surface area (Å²) in [4.78, 5) is 17.1. The quantitative estimate of drug-likeness (QED) is 0.654. The molecule has 0 radical (unpaired) electrons. The Morgan fingerprint density at radius 1 is 1.10 bits per heavy atom. The van der Waals surface area contributed by atoms with Crippen LogP contribution in [0.3, 0.4) is 0 Å². The van der Waals surface area contributed by atoms with Crippen molar-refractivity contribution >= 4 is 15.9 Å². The van der Waals surface area contributed by atoms with Crippen LogP contribution >= 0.6 is 0 Å². The van der Waals surface area contributed by atoms with Gasteiger partial charge in [-0.2, -0.15) is 9.40 Å². The third-order valence-electron chi connectivity index (χ3n) is 5.20. The van der Waals surface area contributed by atoms with Gasteiger partial charge in [0.05, 0.1) is 22.3 Å². The van der Waals surface area contributed by atoms with Gasteiger partial charge in [0.1, 0.15) is 0 Å². The van der Waals surface area contributed by atoms with Crippen molar-refractivity contribution in [2.75, 3.05) is 13.1 Å². The Bertz CT molecular complexity index is 1140. The molecule has 4 rings (SSSR count). The van der Waals surface area contributed by atoms with Gasteiger partial charge in [0.15, 0.2) is 5.82 Å². The third kappa shape index (κ3) is 3.99. The van der Waals surface area contributed by atoms with E-state index in [4.69, 9.17) is 0 Å². The average Bonchev–Trinajstić information content (AvgIpc) is 3.43. The van der Waals surface area contributed by atoms with E-state index >= 15 is 0 Å². The highest BCUT2D eigenvalue weighted by Gasteiger charge is 2.26. The second-order valence-corrected chi connectivity index (χ2v) is 9.12. The predicted octanol–water partition coefficient (Wildman–Crippen LogP) is 2.29. The van der Waals surface area contributed by atoms with E-state index in [1.54, 1.807) is 35.1 Å². The normalized spacial score (nSPS) is 14.7. The van der Waals surface area contributed by atoms with Crippen molar-refractivity contribution < 1.29 is 13.2 Å². The molecule has 1 aliphatic rings. The van der Waals surface area contributed by atoms with Crippen LogP contribution < -0.4 is 5.32 Å². The van der Waals surface area contributed by atoms with E-state index in [1.165, 1.54) is 10.5 Å². The van der Waals surface area contributed by atoms with Crippen molar-refractivity contribution in [2.24, 2.45) is 0 Å². The summed E-state index contributed by atoms with van der Waals surface area (Å²) in [7, 11) is -3.43. The molecule has 2 aromatic heterocycles. The van der Waals surface area contributed by atoms with Crippen LogP contribution in [0.15, 0.2) is 59.8 Å².